The maximum Gasteiger partial charge on any atom is 0.266 e. The van der Waals surface area contributed by atoms with Crippen LogP contribution in [0.1, 0.15) is 5.56 Å². The molecular weight excluding hydrogens is 361 g/mol. The summed E-state index contributed by atoms with van der Waals surface area (Å²) in [5.41, 5.74) is 5.88. The Bertz CT molecular complexity index is 827. The Morgan fingerprint density at radius 1 is 1.29 bits per heavy atom. The molecule has 8 heteroatoms. The zero-order valence-electron chi connectivity index (χ0n) is 10.5. The van der Waals surface area contributed by atoms with E-state index in [1.807, 2.05) is 6.07 Å². The van der Waals surface area contributed by atoms with Gasteiger partial charge in [0.25, 0.3) is 10.0 Å². The molecule has 0 heterocycles. The largest absolute Gasteiger partial charge is 0.398 e. The maximum absolute atomic E-state index is 13.7. The van der Waals surface area contributed by atoms with E-state index >= 15 is 0 Å². The molecule has 0 spiro atoms. The van der Waals surface area contributed by atoms with Crippen molar-refractivity contribution in [2.45, 2.75) is 4.90 Å². The number of anilines is 2. The van der Waals surface area contributed by atoms with E-state index in [9.17, 15) is 12.8 Å². The van der Waals surface area contributed by atoms with Gasteiger partial charge in [-0.05, 0) is 46.3 Å². The van der Waals surface area contributed by atoms with Crippen LogP contribution in [0.3, 0.4) is 0 Å². The minimum atomic E-state index is -4.18. The molecule has 0 aromatic heterocycles. The lowest BCUT2D eigenvalue weighted by molar-refractivity contribution is 0.572. The molecule has 2 rings (SSSR count). The first-order chi connectivity index (χ1) is 9.85. The highest BCUT2D eigenvalue weighted by atomic mass is 79.9. The zero-order valence-corrected chi connectivity index (χ0v) is 12.9. The van der Waals surface area contributed by atoms with Crippen molar-refractivity contribution in [2.24, 2.45) is 0 Å². The van der Waals surface area contributed by atoms with Gasteiger partial charge in [0.1, 0.15) is 10.7 Å². The topological polar surface area (TPSA) is 96.0 Å². The van der Waals surface area contributed by atoms with Gasteiger partial charge in [-0.25, -0.2) is 12.8 Å². The van der Waals surface area contributed by atoms with Gasteiger partial charge in [0, 0.05) is 4.47 Å². The summed E-state index contributed by atoms with van der Waals surface area (Å²) in [7, 11) is -4.18. The Labute approximate surface area is 129 Å². The van der Waals surface area contributed by atoms with Crippen molar-refractivity contribution in [3.05, 3.63) is 52.3 Å². The van der Waals surface area contributed by atoms with E-state index in [2.05, 4.69) is 20.7 Å². The number of benzene rings is 2. The number of rotatable bonds is 3. The van der Waals surface area contributed by atoms with Crippen LogP contribution in [-0.2, 0) is 10.0 Å². The van der Waals surface area contributed by atoms with Crippen molar-refractivity contribution in [3.8, 4) is 6.07 Å². The van der Waals surface area contributed by atoms with Crippen molar-refractivity contribution in [2.75, 3.05) is 10.5 Å². The molecule has 0 amide bonds. The second-order valence-electron chi connectivity index (χ2n) is 4.07. The average Bonchev–Trinajstić information content (AvgIpc) is 2.40. The Morgan fingerprint density at radius 3 is 2.57 bits per heavy atom. The number of nitrogen functional groups attached to an aromatic ring is 1. The minimum absolute atomic E-state index is 0.177. The van der Waals surface area contributed by atoms with Crippen LogP contribution in [-0.4, -0.2) is 8.42 Å². The van der Waals surface area contributed by atoms with E-state index in [4.69, 9.17) is 11.0 Å². The summed E-state index contributed by atoms with van der Waals surface area (Å²) < 4.78 is 40.8. The van der Waals surface area contributed by atoms with Crippen LogP contribution in [0.25, 0.3) is 0 Å². The molecule has 0 aliphatic rings. The molecular formula is C13H9BrFN3O2S. The van der Waals surface area contributed by atoms with E-state index in [1.165, 1.54) is 30.3 Å². The third-order valence-corrected chi connectivity index (χ3v) is 4.72. The van der Waals surface area contributed by atoms with E-state index in [0.29, 0.717) is 10.0 Å². The van der Waals surface area contributed by atoms with Crippen molar-refractivity contribution < 1.29 is 12.8 Å². The molecule has 0 atom stereocenters. The number of nitrogens with two attached hydrogens (primary N) is 1. The number of sulfonamides is 1. The predicted molar refractivity (Wildman–Crippen MR) is 80.5 cm³/mol. The molecule has 0 radical (unpaired) electrons. The van der Waals surface area contributed by atoms with Crippen molar-refractivity contribution in [1.29, 1.82) is 5.26 Å². The van der Waals surface area contributed by atoms with Gasteiger partial charge in [0.2, 0.25) is 0 Å². The Morgan fingerprint density at radius 2 is 2.00 bits per heavy atom. The number of halogens is 2. The van der Waals surface area contributed by atoms with E-state index in [1.54, 1.807) is 0 Å². The van der Waals surface area contributed by atoms with Crippen molar-refractivity contribution in [3.63, 3.8) is 0 Å². The van der Waals surface area contributed by atoms with Crippen molar-refractivity contribution in [1.82, 2.24) is 0 Å². The fraction of sp³-hybridized carbons (Fsp3) is 0. The average molecular weight is 370 g/mol. The Balaban J connectivity index is 2.46. The molecule has 0 unspecified atom stereocenters. The van der Waals surface area contributed by atoms with Crippen LogP contribution in [0.4, 0.5) is 15.8 Å². The normalized spacial score (nSPS) is 10.9. The first kappa shape index (κ1) is 15.3. The van der Waals surface area contributed by atoms with Crippen molar-refractivity contribution >= 4 is 37.3 Å². The number of hydrogen-bond acceptors (Lipinski definition) is 4. The molecule has 108 valence electrons. The van der Waals surface area contributed by atoms with Gasteiger partial charge in [-0.1, -0.05) is 6.07 Å². The first-order valence-corrected chi connectivity index (χ1v) is 7.89. The summed E-state index contributed by atoms with van der Waals surface area (Å²) in [5, 5.41) is 8.76. The van der Waals surface area contributed by atoms with Gasteiger partial charge < -0.3 is 5.73 Å². The highest BCUT2D eigenvalue weighted by Gasteiger charge is 2.23. The second-order valence-corrected chi connectivity index (χ2v) is 6.54. The fourth-order valence-corrected chi connectivity index (χ4v) is 3.55. The van der Waals surface area contributed by atoms with Crippen LogP contribution < -0.4 is 10.5 Å². The van der Waals surface area contributed by atoms with Crippen LogP contribution in [0, 0.1) is 17.1 Å². The van der Waals surface area contributed by atoms with Crippen LogP contribution in [0.5, 0.6) is 0 Å². The predicted octanol–water partition coefficient (Wildman–Crippen LogP) is 2.84. The maximum atomic E-state index is 13.7. The molecule has 5 nitrogen and oxygen atoms in total. The lowest BCUT2D eigenvalue weighted by Crippen LogP contribution is -2.16. The molecule has 0 bridgehead atoms. The fourth-order valence-electron chi connectivity index (χ4n) is 1.67. The summed E-state index contributed by atoms with van der Waals surface area (Å²) >= 11 is 3.15. The molecule has 2 aromatic carbocycles. The third kappa shape index (κ3) is 3.15. The van der Waals surface area contributed by atoms with Gasteiger partial charge in [0.15, 0.2) is 0 Å². The highest BCUT2D eigenvalue weighted by molar-refractivity contribution is 9.10. The van der Waals surface area contributed by atoms with Gasteiger partial charge >= 0.3 is 0 Å². The lowest BCUT2D eigenvalue weighted by Gasteiger charge is -2.12. The SMILES string of the molecule is N#Cc1ccc(NS(=O)(=O)c2c(N)cccc2F)c(Br)c1. The third-order valence-electron chi connectivity index (χ3n) is 2.61. The number of hydrogen-bond donors (Lipinski definition) is 2. The Hall–Kier alpha value is -2.11. The first-order valence-electron chi connectivity index (χ1n) is 5.61. The molecule has 21 heavy (non-hydrogen) atoms. The van der Waals surface area contributed by atoms with E-state index in [-0.39, 0.29) is 11.4 Å². The quantitative estimate of drug-likeness (QED) is 0.812. The van der Waals surface area contributed by atoms with E-state index in [0.717, 1.165) is 6.07 Å². The molecule has 2 aromatic rings. The molecule has 0 fully saturated rings. The number of nitrogens with zero attached hydrogens (tertiary/aromatic N) is 1. The number of nitrogens with one attached hydrogen (secondary N) is 1. The van der Waals surface area contributed by atoms with Gasteiger partial charge in [-0.2, -0.15) is 5.26 Å². The molecule has 0 saturated heterocycles. The minimum Gasteiger partial charge on any atom is -0.398 e. The zero-order chi connectivity index (χ0) is 15.6. The monoisotopic (exact) mass is 369 g/mol. The lowest BCUT2D eigenvalue weighted by atomic mass is 10.2. The van der Waals surface area contributed by atoms with Gasteiger partial charge in [0.05, 0.1) is 23.0 Å². The van der Waals surface area contributed by atoms with E-state index < -0.39 is 20.7 Å². The summed E-state index contributed by atoms with van der Waals surface area (Å²) in [6, 6.07) is 9.84. The molecule has 0 aliphatic heterocycles. The molecule has 0 aliphatic carbocycles. The van der Waals surface area contributed by atoms with Crippen LogP contribution in [0.15, 0.2) is 45.8 Å². The van der Waals surface area contributed by atoms with Crippen LogP contribution >= 0.6 is 15.9 Å². The molecule has 0 saturated carbocycles. The Kier molecular flexibility index (Phi) is 4.16. The highest BCUT2D eigenvalue weighted by Crippen LogP contribution is 2.28. The summed E-state index contributed by atoms with van der Waals surface area (Å²) in [5.74, 6) is -0.938. The standard InChI is InChI=1S/C13H9BrFN3O2S/c14-9-6-8(7-16)4-5-12(9)18-21(19,20)13-10(15)2-1-3-11(13)17/h1-6,18H,17H2. The van der Waals surface area contributed by atoms with Crippen LogP contribution in [0.2, 0.25) is 0 Å². The van der Waals surface area contributed by atoms with Gasteiger partial charge in [-0.15, -0.1) is 0 Å². The number of nitriles is 1. The van der Waals surface area contributed by atoms with Gasteiger partial charge in [-0.3, -0.25) is 4.72 Å². The smallest absolute Gasteiger partial charge is 0.266 e. The summed E-state index contributed by atoms with van der Waals surface area (Å²) in [6.07, 6.45) is 0. The molecule has 3 N–H and O–H groups in total. The summed E-state index contributed by atoms with van der Waals surface area (Å²) in [6.45, 7) is 0. The second kappa shape index (κ2) is 5.71. The summed E-state index contributed by atoms with van der Waals surface area (Å²) in [4.78, 5) is -0.610.